The average Bonchev–Trinajstić information content (AvgIpc) is 2.65. The van der Waals surface area contributed by atoms with Crippen LogP contribution in [0.1, 0.15) is 24.8 Å². The number of methoxy groups -OCH3 is 1. The van der Waals surface area contributed by atoms with Gasteiger partial charge in [0.05, 0.1) is 25.8 Å². The van der Waals surface area contributed by atoms with Gasteiger partial charge in [0.25, 0.3) is 0 Å². The number of hydrogen-bond acceptors (Lipinski definition) is 4. The van der Waals surface area contributed by atoms with Crippen molar-refractivity contribution in [2.45, 2.75) is 25.7 Å². The van der Waals surface area contributed by atoms with Gasteiger partial charge in [-0.05, 0) is 30.5 Å². The third kappa shape index (κ3) is 6.67. The van der Waals surface area contributed by atoms with Gasteiger partial charge in [0.1, 0.15) is 5.75 Å². The lowest BCUT2D eigenvalue weighted by molar-refractivity contribution is -0.144. The maximum atomic E-state index is 11.9. The van der Waals surface area contributed by atoms with Gasteiger partial charge in [-0.1, -0.05) is 42.5 Å². The van der Waals surface area contributed by atoms with Crippen LogP contribution >= 0.6 is 0 Å². The van der Waals surface area contributed by atoms with Gasteiger partial charge in [0.2, 0.25) is 5.91 Å². The quantitative estimate of drug-likeness (QED) is 0.559. The number of carbonyl (C=O) groups is 2. The van der Waals surface area contributed by atoms with Crippen LogP contribution in [-0.2, 0) is 20.7 Å². The smallest absolute Gasteiger partial charge is 0.306 e. The van der Waals surface area contributed by atoms with E-state index in [9.17, 15) is 9.59 Å². The molecule has 2 rings (SSSR count). The standard InChI is InChI=1S/C20H23NO4/c1-24-18-12-6-5-11-17(18)21-19(22)13-14-20(23)25-15-7-10-16-8-3-2-4-9-16/h2-6,8-9,11-12H,7,10,13-15H2,1H3,(H,21,22). The monoisotopic (exact) mass is 341 g/mol. The lowest BCUT2D eigenvalue weighted by Crippen LogP contribution is -2.15. The Morgan fingerprint density at radius 2 is 1.68 bits per heavy atom. The molecular weight excluding hydrogens is 318 g/mol. The van der Waals surface area contributed by atoms with Crippen molar-refractivity contribution in [3.8, 4) is 5.75 Å². The van der Waals surface area contributed by atoms with Gasteiger partial charge in [0.15, 0.2) is 0 Å². The molecule has 1 N–H and O–H groups in total. The van der Waals surface area contributed by atoms with Crippen LogP contribution in [0.2, 0.25) is 0 Å². The van der Waals surface area contributed by atoms with Crippen molar-refractivity contribution in [1.29, 1.82) is 0 Å². The van der Waals surface area contributed by atoms with Crippen LogP contribution in [0.25, 0.3) is 0 Å². The van der Waals surface area contributed by atoms with Gasteiger partial charge in [-0.2, -0.15) is 0 Å². The molecular formula is C20H23NO4. The van der Waals surface area contributed by atoms with Gasteiger partial charge in [-0.25, -0.2) is 0 Å². The number of amides is 1. The second-order valence-electron chi connectivity index (χ2n) is 5.56. The highest BCUT2D eigenvalue weighted by atomic mass is 16.5. The largest absolute Gasteiger partial charge is 0.495 e. The molecule has 2 aromatic carbocycles. The Kier molecular flexibility index (Phi) is 7.50. The minimum Gasteiger partial charge on any atom is -0.495 e. The summed E-state index contributed by atoms with van der Waals surface area (Å²) in [6.07, 6.45) is 1.77. The molecule has 0 heterocycles. The number of ether oxygens (including phenoxy) is 2. The molecule has 0 atom stereocenters. The third-order valence-corrected chi connectivity index (χ3v) is 3.65. The Hall–Kier alpha value is -2.82. The normalized spacial score (nSPS) is 10.1. The Morgan fingerprint density at radius 1 is 0.960 bits per heavy atom. The van der Waals surface area contributed by atoms with Crippen LogP contribution in [0.3, 0.4) is 0 Å². The first-order valence-corrected chi connectivity index (χ1v) is 8.31. The van der Waals surface area contributed by atoms with Crippen LogP contribution in [0, 0.1) is 0 Å². The topological polar surface area (TPSA) is 64.6 Å². The SMILES string of the molecule is COc1ccccc1NC(=O)CCC(=O)OCCCc1ccccc1. The Morgan fingerprint density at radius 3 is 2.44 bits per heavy atom. The summed E-state index contributed by atoms with van der Waals surface area (Å²) >= 11 is 0. The van der Waals surface area contributed by atoms with Crippen LogP contribution in [0.15, 0.2) is 54.6 Å². The van der Waals surface area contributed by atoms with Crippen LogP contribution < -0.4 is 10.1 Å². The molecule has 0 saturated carbocycles. The molecule has 0 unspecified atom stereocenters. The first-order chi connectivity index (χ1) is 12.2. The predicted molar refractivity (Wildman–Crippen MR) is 96.6 cm³/mol. The van der Waals surface area contributed by atoms with Crippen molar-refractivity contribution in [3.05, 3.63) is 60.2 Å². The summed E-state index contributed by atoms with van der Waals surface area (Å²) in [6.45, 7) is 0.363. The van der Waals surface area contributed by atoms with E-state index in [-0.39, 0.29) is 24.7 Å². The molecule has 0 radical (unpaired) electrons. The second-order valence-corrected chi connectivity index (χ2v) is 5.56. The summed E-state index contributed by atoms with van der Waals surface area (Å²) in [6, 6.07) is 17.2. The minimum atomic E-state index is -0.358. The summed E-state index contributed by atoms with van der Waals surface area (Å²) in [5.41, 5.74) is 1.81. The van der Waals surface area contributed by atoms with E-state index in [0.29, 0.717) is 18.0 Å². The molecule has 132 valence electrons. The highest BCUT2D eigenvalue weighted by molar-refractivity contribution is 5.93. The molecule has 0 aliphatic carbocycles. The Bertz CT molecular complexity index is 685. The summed E-state index contributed by atoms with van der Waals surface area (Å²) in [5, 5.41) is 2.73. The first-order valence-electron chi connectivity index (χ1n) is 8.31. The number of nitrogens with one attached hydrogen (secondary N) is 1. The van der Waals surface area contributed by atoms with E-state index in [0.717, 1.165) is 12.8 Å². The zero-order chi connectivity index (χ0) is 17.9. The number of aryl methyl sites for hydroxylation is 1. The van der Waals surface area contributed by atoms with E-state index in [1.165, 1.54) is 12.7 Å². The van der Waals surface area contributed by atoms with Crippen molar-refractivity contribution < 1.29 is 19.1 Å². The average molecular weight is 341 g/mol. The minimum absolute atomic E-state index is 0.0618. The number of esters is 1. The number of benzene rings is 2. The molecule has 0 aromatic heterocycles. The summed E-state index contributed by atoms with van der Waals surface area (Å²) in [5.74, 6) is -0.0201. The summed E-state index contributed by atoms with van der Waals surface area (Å²) in [7, 11) is 1.54. The van der Waals surface area contributed by atoms with Gasteiger partial charge >= 0.3 is 5.97 Å². The third-order valence-electron chi connectivity index (χ3n) is 3.65. The molecule has 2 aromatic rings. The molecule has 0 aliphatic rings. The zero-order valence-corrected chi connectivity index (χ0v) is 14.4. The first kappa shape index (κ1) is 18.5. The van der Waals surface area contributed by atoms with Gasteiger partial charge in [-0.3, -0.25) is 9.59 Å². The zero-order valence-electron chi connectivity index (χ0n) is 14.4. The molecule has 5 nitrogen and oxygen atoms in total. The number of para-hydroxylation sites is 2. The summed E-state index contributed by atoms with van der Waals surface area (Å²) in [4.78, 5) is 23.6. The van der Waals surface area contributed by atoms with E-state index in [1.807, 2.05) is 36.4 Å². The molecule has 0 bridgehead atoms. The molecule has 0 aliphatic heterocycles. The van der Waals surface area contributed by atoms with Crippen molar-refractivity contribution in [2.75, 3.05) is 19.0 Å². The highest BCUT2D eigenvalue weighted by Gasteiger charge is 2.10. The number of anilines is 1. The van der Waals surface area contributed by atoms with Crippen molar-refractivity contribution >= 4 is 17.6 Å². The predicted octanol–water partition coefficient (Wildman–Crippen LogP) is 3.59. The fraction of sp³-hybridized carbons (Fsp3) is 0.300. The maximum absolute atomic E-state index is 11.9. The Balaban J connectivity index is 1.63. The fourth-order valence-corrected chi connectivity index (χ4v) is 2.36. The number of hydrogen-bond donors (Lipinski definition) is 1. The summed E-state index contributed by atoms with van der Waals surface area (Å²) < 4.78 is 10.3. The van der Waals surface area contributed by atoms with Crippen LogP contribution in [0.5, 0.6) is 5.75 Å². The molecule has 25 heavy (non-hydrogen) atoms. The molecule has 0 saturated heterocycles. The van der Waals surface area contributed by atoms with Crippen LogP contribution in [-0.4, -0.2) is 25.6 Å². The Labute approximate surface area is 148 Å². The highest BCUT2D eigenvalue weighted by Crippen LogP contribution is 2.23. The second kappa shape index (κ2) is 10.1. The lowest BCUT2D eigenvalue weighted by atomic mass is 10.1. The number of carbonyl (C=O) groups excluding carboxylic acids is 2. The molecule has 0 fully saturated rings. The van der Waals surface area contributed by atoms with Crippen molar-refractivity contribution in [3.63, 3.8) is 0 Å². The lowest BCUT2D eigenvalue weighted by Gasteiger charge is -2.09. The number of rotatable bonds is 9. The molecule has 0 spiro atoms. The van der Waals surface area contributed by atoms with E-state index in [4.69, 9.17) is 9.47 Å². The molecule has 1 amide bonds. The van der Waals surface area contributed by atoms with E-state index >= 15 is 0 Å². The maximum Gasteiger partial charge on any atom is 0.306 e. The van der Waals surface area contributed by atoms with E-state index in [2.05, 4.69) is 5.32 Å². The van der Waals surface area contributed by atoms with Gasteiger partial charge in [0, 0.05) is 6.42 Å². The van der Waals surface area contributed by atoms with Crippen molar-refractivity contribution in [2.24, 2.45) is 0 Å². The van der Waals surface area contributed by atoms with E-state index in [1.54, 1.807) is 18.2 Å². The fourth-order valence-electron chi connectivity index (χ4n) is 2.36. The van der Waals surface area contributed by atoms with E-state index < -0.39 is 0 Å². The van der Waals surface area contributed by atoms with Crippen LogP contribution in [0.4, 0.5) is 5.69 Å². The van der Waals surface area contributed by atoms with Crippen molar-refractivity contribution in [1.82, 2.24) is 0 Å². The van der Waals surface area contributed by atoms with Gasteiger partial charge < -0.3 is 14.8 Å². The molecule has 5 heteroatoms. The van der Waals surface area contributed by atoms with Gasteiger partial charge in [-0.15, -0.1) is 0 Å².